The quantitative estimate of drug-likeness (QED) is 0.530. The van der Waals surface area contributed by atoms with E-state index in [2.05, 4.69) is 51.6 Å². The van der Waals surface area contributed by atoms with Crippen molar-refractivity contribution >= 4 is 0 Å². The Morgan fingerprint density at radius 2 is 1.74 bits per heavy atom. The maximum atomic E-state index is 10.2. The van der Waals surface area contributed by atoms with Gasteiger partial charge in [0.05, 0.1) is 6.10 Å². The lowest BCUT2D eigenvalue weighted by Gasteiger charge is -2.20. The van der Waals surface area contributed by atoms with Gasteiger partial charge in [0.2, 0.25) is 0 Å². The summed E-state index contributed by atoms with van der Waals surface area (Å²) in [6.45, 7) is 10.3. The number of unbranched alkanes of at least 4 members (excludes halogenated alkanes) is 3. The Morgan fingerprint density at radius 1 is 1.11 bits per heavy atom. The molecule has 1 heteroatoms. The molecular formula is C18H28O. The average molecular weight is 260 g/mol. The van der Waals surface area contributed by atoms with Crippen molar-refractivity contribution in [1.82, 2.24) is 0 Å². The summed E-state index contributed by atoms with van der Waals surface area (Å²) in [6, 6.07) is 8.40. The number of hydrogen-bond donors (Lipinski definition) is 1. The highest BCUT2D eigenvalue weighted by atomic mass is 16.3. The summed E-state index contributed by atoms with van der Waals surface area (Å²) in [5, 5.41) is 10.2. The Kier molecular flexibility index (Phi) is 6.30. The van der Waals surface area contributed by atoms with Crippen molar-refractivity contribution in [3.8, 4) is 0 Å². The smallest absolute Gasteiger partial charge is 0.0790 e. The van der Waals surface area contributed by atoms with Crippen LogP contribution in [0.3, 0.4) is 0 Å². The summed E-state index contributed by atoms with van der Waals surface area (Å²) in [5.74, 6) is 0. The van der Waals surface area contributed by atoms with Gasteiger partial charge >= 0.3 is 0 Å². The van der Waals surface area contributed by atoms with E-state index in [-0.39, 0.29) is 11.5 Å². The maximum Gasteiger partial charge on any atom is 0.0790 e. The van der Waals surface area contributed by atoms with Crippen molar-refractivity contribution in [3.63, 3.8) is 0 Å². The Balaban J connectivity index is 2.44. The number of aliphatic hydroxyl groups is 1. The summed E-state index contributed by atoms with van der Waals surface area (Å²) < 4.78 is 0. The minimum absolute atomic E-state index is 0.175. The number of hydrogen-bond acceptors (Lipinski definition) is 1. The minimum atomic E-state index is -0.322. The summed E-state index contributed by atoms with van der Waals surface area (Å²) in [7, 11) is 0. The molecule has 0 saturated carbocycles. The van der Waals surface area contributed by atoms with Crippen molar-refractivity contribution < 1.29 is 5.11 Å². The van der Waals surface area contributed by atoms with Gasteiger partial charge in [0.15, 0.2) is 0 Å². The molecule has 0 radical (unpaired) electrons. The molecule has 0 saturated heterocycles. The molecule has 0 bridgehead atoms. The predicted molar refractivity (Wildman–Crippen MR) is 83.4 cm³/mol. The van der Waals surface area contributed by atoms with E-state index in [1.165, 1.54) is 18.4 Å². The molecule has 106 valence electrons. The molecule has 19 heavy (non-hydrogen) atoms. The van der Waals surface area contributed by atoms with Crippen LogP contribution in [0.5, 0.6) is 0 Å². The number of benzene rings is 1. The largest absolute Gasteiger partial charge is 0.388 e. The Bertz CT molecular complexity index is 370. The van der Waals surface area contributed by atoms with Crippen molar-refractivity contribution in [2.24, 2.45) is 0 Å². The van der Waals surface area contributed by atoms with Crippen molar-refractivity contribution in [2.45, 2.75) is 64.4 Å². The van der Waals surface area contributed by atoms with Crippen LogP contribution in [0.15, 0.2) is 36.9 Å². The monoisotopic (exact) mass is 260 g/mol. The Hall–Kier alpha value is -1.08. The van der Waals surface area contributed by atoms with Gasteiger partial charge in [-0.05, 0) is 35.8 Å². The van der Waals surface area contributed by atoms with Crippen LogP contribution in [0.1, 0.15) is 70.1 Å². The first-order chi connectivity index (χ1) is 8.95. The van der Waals surface area contributed by atoms with Crippen molar-refractivity contribution in [1.29, 1.82) is 0 Å². The van der Waals surface area contributed by atoms with Crippen LogP contribution < -0.4 is 0 Å². The van der Waals surface area contributed by atoms with Crippen LogP contribution in [0, 0.1) is 0 Å². The lowest BCUT2D eigenvalue weighted by atomic mass is 9.86. The van der Waals surface area contributed by atoms with Crippen LogP contribution in [0.2, 0.25) is 0 Å². The molecule has 1 atom stereocenters. The zero-order valence-electron chi connectivity index (χ0n) is 12.7. The average Bonchev–Trinajstić information content (AvgIpc) is 2.37. The molecule has 1 nitrogen and oxygen atoms in total. The maximum absolute atomic E-state index is 10.2. The lowest BCUT2D eigenvalue weighted by molar-refractivity contribution is 0.163. The van der Waals surface area contributed by atoms with Gasteiger partial charge in [0.25, 0.3) is 0 Å². The number of aliphatic hydroxyl groups excluding tert-OH is 1. The van der Waals surface area contributed by atoms with E-state index in [4.69, 9.17) is 0 Å². The van der Waals surface area contributed by atoms with E-state index in [1.54, 1.807) is 0 Å². The van der Waals surface area contributed by atoms with Gasteiger partial charge in [-0.3, -0.25) is 0 Å². The molecule has 0 amide bonds. The number of allylic oxidation sites excluding steroid dienone is 1. The van der Waals surface area contributed by atoms with Crippen LogP contribution >= 0.6 is 0 Å². The highest BCUT2D eigenvalue weighted by molar-refractivity contribution is 5.28. The van der Waals surface area contributed by atoms with Crippen LogP contribution in [0.4, 0.5) is 0 Å². The molecule has 0 aliphatic heterocycles. The molecule has 1 rings (SSSR count). The summed E-state index contributed by atoms with van der Waals surface area (Å²) in [4.78, 5) is 0. The topological polar surface area (TPSA) is 20.2 Å². The third kappa shape index (κ3) is 5.61. The number of rotatable bonds is 7. The molecule has 1 N–H and O–H groups in total. The van der Waals surface area contributed by atoms with Gasteiger partial charge in [0, 0.05) is 0 Å². The molecule has 1 aromatic carbocycles. The third-order valence-corrected chi connectivity index (χ3v) is 3.55. The van der Waals surface area contributed by atoms with Crippen molar-refractivity contribution in [3.05, 3.63) is 48.0 Å². The summed E-state index contributed by atoms with van der Waals surface area (Å²) in [6.07, 6.45) is 7.00. The Morgan fingerprint density at radius 3 is 2.26 bits per heavy atom. The van der Waals surface area contributed by atoms with Gasteiger partial charge < -0.3 is 5.11 Å². The Labute approximate surface area is 118 Å². The van der Waals surface area contributed by atoms with Crippen LogP contribution in [0.25, 0.3) is 0 Å². The van der Waals surface area contributed by atoms with E-state index in [1.807, 2.05) is 6.08 Å². The van der Waals surface area contributed by atoms with E-state index < -0.39 is 0 Å². The standard InChI is InChI=1S/C18H28O/c1-5-6-7-8-9-10-17(19)15-11-13-16(14-12-15)18(2,3)4/h5,11-14,17,19H,1,6-10H2,2-4H3. The first-order valence-corrected chi connectivity index (χ1v) is 7.34. The fourth-order valence-corrected chi connectivity index (χ4v) is 2.18. The molecule has 1 aromatic rings. The molecule has 0 spiro atoms. The fraction of sp³-hybridized carbons (Fsp3) is 0.556. The first kappa shape index (κ1) is 16.0. The molecular weight excluding hydrogens is 232 g/mol. The van der Waals surface area contributed by atoms with E-state index >= 15 is 0 Å². The summed E-state index contributed by atoms with van der Waals surface area (Å²) in [5.41, 5.74) is 2.53. The molecule has 0 aliphatic carbocycles. The highest BCUT2D eigenvalue weighted by Crippen LogP contribution is 2.25. The van der Waals surface area contributed by atoms with E-state index in [0.717, 1.165) is 24.8 Å². The molecule has 0 fully saturated rings. The van der Waals surface area contributed by atoms with Crippen LogP contribution in [-0.4, -0.2) is 5.11 Å². The van der Waals surface area contributed by atoms with E-state index in [0.29, 0.717) is 0 Å². The second-order valence-corrected chi connectivity index (χ2v) is 6.31. The third-order valence-electron chi connectivity index (χ3n) is 3.55. The first-order valence-electron chi connectivity index (χ1n) is 7.34. The predicted octanol–water partition coefficient (Wildman–Crippen LogP) is 5.15. The van der Waals surface area contributed by atoms with Gasteiger partial charge in [-0.25, -0.2) is 0 Å². The van der Waals surface area contributed by atoms with Crippen LogP contribution in [-0.2, 0) is 5.41 Å². The van der Waals surface area contributed by atoms with E-state index in [9.17, 15) is 5.11 Å². The van der Waals surface area contributed by atoms with Gasteiger partial charge in [-0.2, -0.15) is 0 Å². The molecule has 0 heterocycles. The minimum Gasteiger partial charge on any atom is -0.388 e. The molecule has 1 unspecified atom stereocenters. The van der Waals surface area contributed by atoms with Gasteiger partial charge in [-0.1, -0.05) is 64.0 Å². The van der Waals surface area contributed by atoms with Gasteiger partial charge in [-0.15, -0.1) is 6.58 Å². The normalized spacial score (nSPS) is 13.3. The zero-order chi connectivity index (χ0) is 14.3. The zero-order valence-corrected chi connectivity index (χ0v) is 12.7. The fourth-order valence-electron chi connectivity index (χ4n) is 2.18. The second-order valence-electron chi connectivity index (χ2n) is 6.31. The molecule has 0 aromatic heterocycles. The summed E-state index contributed by atoms with van der Waals surface area (Å²) >= 11 is 0. The van der Waals surface area contributed by atoms with Gasteiger partial charge in [0.1, 0.15) is 0 Å². The second kappa shape index (κ2) is 7.49. The SMILES string of the molecule is C=CCCCCCC(O)c1ccc(C(C)(C)C)cc1. The molecule has 0 aliphatic rings. The van der Waals surface area contributed by atoms with Crippen molar-refractivity contribution in [2.75, 3.05) is 0 Å². The highest BCUT2D eigenvalue weighted by Gasteiger charge is 2.14. The lowest BCUT2D eigenvalue weighted by Crippen LogP contribution is -2.11.